The number of rotatable bonds is 13. The number of ether oxygens (including phenoxy) is 3. The SMILES string of the molecule is COc1ccc(CN(C(=O)CN(c2ccc(OC)c(OC)c2)S(=O)(=O)c2ccccc2)C(C)C(=O)NC2CCCCC2)cc1. The number of carbonyl (C=O) groups excluding carboxylic acids is 2. The van der Waals surface area contributed by atoms with Gasteiger partial charge in [-0.15, -0.1) is 0 Å². The first-order chi connectivity index (χ1) is 21.2. The van der Waals surface area contributed by atoms with Gasteiger partial charge in [0, 0.05) is 18.7 Å². The molecule has 0 heterocycles. The molecule has 3 aromatic rings. The second-order valence-electron chi connectivity index (χ2n) is 10.8. The topological polar surface area (TPSA) is 114 Å². The van der Waals surface area contributed by atoms with Crippen LogP contribution in [0.4, 0.5) is 5.69 Å². The lowest BCUT2D eigenvalue weighted by atomic mass is 9.95. The Morgan fingerprint density at radius 1 is 0.864 bits per heavy atom. The van der Waals surface area contributed by atoms with Crippen LogP contribution < -0.4 is 23.8 Å². The van der Waals surface area contributed by atoms with Crippen LogP contribution in [0.15, 0.2) is 77.7 Å². The van der Waals surface area contributed by atoms with Gasteiger partial charge >= 0.3 is 0 Å². The van der Waals surface area contributed by atoms with Crippen molar-refractivity contribution in [2.45, 2.75) is 62.6 Å². The van der Waals surface area contributed by atoms with Crippen LogP contribution in [0.1, 0.15) is 44.6 Å². The quantitative estimate of drug-likeness (QED) is 0.292. The first-order valence-electron chi connectivity index (χ1n) is 14.7. The van der Waals surface area contributed by atoms with Gasteiger partial charge in [0.1, 0.15) is 18.3 Å². The number of hydrogen-bond acceptors (Lipinski definition) is 7. The van der Waals surface area contributed by atoms with Crippen molar-refractivity contribution in [3.05, 3.63) is 78.4 Å². The highest BCUT2D eigenvalue weighted by atomic mass is 32.2. The predicted octanol–water partition coefficient (Wildman–Crippen LogP) is 4.77. The largest absolute Gasteiger partial charge is 0.497 e. The van der Waals surface area contributed by atoms with Gasteiger partial charge in [0.25, 0.3) is 10.0 Å². The maximum absolute atomic E-state index is 14.2. The molecule has 1 fully saturated rings. The number of nitrogens with zero attached hydrogens (tertiary/aromatic N) is 2. The van der Waals surface area contributed by atoms with Gasteiger partial charge in [0.15, 0.2) is 11.5 Å². The zero-order valence-corrected chi connectivity index (χ0v) is 26.5. The molecule has 1 saturated carbocycles. The van der Waals surface area contributed by atoms with Crippen LogP contribution in [-0.2, 0) is 26.2 Å². The molecule has 236 valence electrons. The van der Waals surface area contributed by atoms with Crippen molar-refractivity contribution < 1.29 is 32.2 Å². The van der Waals surface area contributed by atoms with Gasteiger partial charge in [-0.25, -0.2) is 8.42 Å². The third kappa shape index (κ3) is 7.82. The molecule has 1 atom stereocenters. The lowest BCUT2D eigenvalue weighted by Gasteiger charge is -2.33. The molecular formula is C33H41N3O7S. The van der Waals surface area contributed by atoms with Gasteiger partial charge < -0.3 is 24.4 Å². The summed E-state index contributed by atoms with van der Waals surface area (Å²) in [4.78, 5) is 29.1. The summed E-state index contributed by atoms with van der Waals surface area (Å²) in [5.41, 5.74) is 0.976. The first-order valence-corrected chi connectivity index (χ1v) is 16.1. The van der Waals surface area contributed by atoms with Gasteiger partial charge in [-0.05, 0) is 61.7 Å². The fourth-order valence-corrected chi connectivity index (χ4v) is 6.73. The summed E-state index contributed by atoms with van der Waals surface area (Å²) in [5, 5.41) is 3.11. The van der Waals surface area contributed by atoms with Crippen molar-refractivity contribution >= 4 is 27.5 Å². The average Bonchev–Trinajstić information content (AvgIpc) is 3.06. The summed E-state index contributed by atoms with van der Waals surface area (Å²) in [7, 11) is 0.295. The maximum atomic E-state index is 14.2. The monoisotopic (exact) mass is 623 g/mol. The number of nitrogens with one attached hydrogen (secondary N) is 1. The van der Waals surface area contributed by atoms with E-state index < -0.39 is 28.5 Å². The summed E-state index contributed by atoms with van der Waals surface area (Å²) in [6, 6.07) is 18.9. The molecule has 1 unspecified atom stereocenters. The third-order valence-electron chi connectivity index (χ3n) is 7.90. The number of hydrogen-bond donors (Lipinski definition) is 1. The molecule has 0 aromatic heterocycles. The summed E-state index contributed by atoms with van der Waals surface area (Å²) in [6.07, 6.45) is 5.03. The highest BCUT2D eigenvalue weighted by Crippen LogP contribution is 2.34. The molecule has 1 N–H and O–H groups in total. The Labute approximate surface area is 260 Å². The number of anilines is 1. The second kappa shape index (κ2) is 15.0. The summed E-state index contributed by atoms with van der Waals surface area (Å²) in [6.45, 7) is 1.21. The zero-order chi connectivity index (χ0) is 31.7. The minimum Gasteiger partial charge on any atom is -0.497 e. The fraction of sp³-hybridized carbons (Fsp3) is 0.394. The van der Waals surface area contributed by atoms with E-state index in [9.17, 15) is 18.0 Å². The number of sulfonamides is 1. The van der Waals surface area contributed by atoms with Gasteiger partial charge in [-0.3, -0.25) is 13.9 Å². The van der Waals surface area contributed by atoms with Crippen molar-refractivity contribution in [1.29, 1.82) is 0 Å². The molecule has 0 bridgehead atoms. The van der Waals surface area contributed by atoms with E-state index in [1.165, 1.54) is 37.3 Å². The van der Waals surface area contributed by atoms with Crippen LogP contribution >= 0.6 is 0 Å². The van der Waals surface area contributed by atoms with E-state index in [0.717, 1.165) is 42.0 Å². The van der Waals surface area contributed by atoms with Crippen LogP contribution in [0.3, 0.4) is 0 Å². The van der Waals surface area contributed by atoms with Crippen LogP contribution in [0.25, 0.3) is 0 Å². The molecule has 10 nitrogen and oxygen atoms in total. The van der Waals surface area contributed by atoms with Gasteiger partial charge in [0.2, 0.25) is 11.8 Å². The summed E-state index contributed by atoms with van der Waals surface area (Å²) >= 11 is 0. The van der Waals surface area contributed by atoms with Crippen LogP contribution in [-0.4, -0.2) is 65.1 Å². The zero-order valence-electron chi connectivity index (χ0n) is 25.7. The average molecular weight is 624 g/mol. The second-order valence-corrected chi connectivity index (χ2v) is 12.6. The molecule has 4 rings (SSSR count). The number of methoxy groups -OCH3 is 3. The highest BCUT2D eigenvalue weighted by Gasteiger charge is 2.33. The Bertz CT molecular complexity index is 1510. The lowest BCUT2D eigenvalue weighted by Crippen LogP contribution is -2.53. The van der Waals surface area contributed by atoms with Gasteiger partial charge in [-0.1, -0.05) is 49.6 Å². The van der Waals surface area contributed by atoms with Gasteiger partial charge in [-0.2, -0.15) is 0 Å². The van der Waals surface area contributed by atoms with Crippen molar-refractivity contribution in [2.75, 3.05) is 32.2 Å². The molecule has 0 spiro atoms. The van der Waals surface area contributed by atoms with E-state index in [-0.39, 0.29) is 29.1 Å². The predicted molar refractivity (Wildman–Crippen MR) is 169 cm³/mol. The van der Waals surface area contributed by atoms with E-state index in [4.69, 9.17) is 14.2 Å². The first kappa shape index (κ1) is 32.7. The van der Waals surface area contributed by atoms with Crippen LogP contribution in [0.2, 0.25) is 0 Å². The fourth-order valence-electron chi connectivity index (χ4n) is 5.31. The molecule has 44 heavy (non-hydrogen) atoms. The van der Waals surface area contributed by atoms with Crippen molar-refractivity contribution in [3.8, 4) is 17.2 Å². The van der Waals surface area contributed by atoms with Crippen molar-refractivity contribution in [3.63, 3.8) is 0 Å². The number of amides is 2. The number of carbonyl (C=O) groups is 2. The van der Waals surface area contributed by atoms with E-state index in [1.54, 1.807) is 56.5 Å². The molecule has 3 aromatic carbocycles. The lowest BCUT2D eigenvalue weighted by molar-refractivity contribution is -0.139. The molecule has 1 aliphatic rings. The maximum Gasteiger partial charge on any atom is 0.264 e. The summed E-state index contributed by atoms with van der Waals surface area (Å²) in [5.74, 6) is 0.557. The summed E-state index contributed by atoms with van der Waals surface area (Å²) < 4.78 is 45.1. The Morgan fingerprint density at radius 2 is 1.52 bits per heavy atom. The van der Waals surface area contributed by atoms with Crippen molar-refractivity contribution in [2.24, 2.45) is 0 Å². The highest BCUT2D eigenvalue weighted by molar-refractivity contribution is 7.92. The molecule has 0 aliphatic heterocycles. The standard InChI is InChI=1S/C33H41N3O7S/c1-24(33(38)34-26-11-7-5-8-12-26)35(22-25-15-18-28(41-2)19-16-25)32(37)23-36(44(39,40)29-13-9-6-10-14-29)27-17-20-30(42-3)31(21-27)43-4/h6,9-10,13-21,24,26H,5,7-8,11-12,22-23H2,1-4H3,(H,34,38). The van der Waals surface area contributed by atoms with E-state index in [2.05, 4.69) is 5.32 Å². The molecule has 0 saturated heterocycles. The Morgan fingerprint density at radius 3 is 2.14 bits per heavy atom. The minimum atomic E-state index is -4.21. The van der Waals surface area contributed by atoms with Crippen molar-refractivity contribution in [1.82, 2.24) is 10.2 Å². The van der Waals surface area contributed by atoms with Gasteiger partial charge in [0.05, 0.1) is 31.9 Å². The van der Waals surface area contributed by atoms with Crippen LogP contribution in [0.5, 0.6) is 17.2 Å². The number of benzene rings is 3. The third-order valence-corrected chi connectivity index (χ3v) is 9.68. The Balaban J connectivity index is 1.70. The normalized spacial score (nSPS) is 14.3. The molecule has 11 heteroatoms. The Kier molecular flexibility index (Phi) is 11.1. The Hall–Kier alpha value is -4.25. The van der Waals surface area contributed by atoms with E-state index in [1.807, 2.05) is 12.1 Å². The smallest absolute Gasteiger partial charge is 0.264 e. The molecule has 2 amide bonds. The molecule has 0 radical (unpaired) electrons. The molecular weight excluding hydrogens is 582 g/mol. The van der Waals surface area contributed by atoms with E-state index >= 15 is 0 Å². The van der Waals surface area contributed by atoms with E-state index in [0.29, 0.717) is 17.2 Å². The molecule has 1 aliphatic carbocycles. The minimum absolute atomic E-state index is 0.0207. The van der Waals surface area contributed by atoms with Crippen LogP contribution in [0, 0.1) is 0 Å².